The number of nitrogens with zero attached hydrogens (tertiary/aromatic N) is 1. The summed E-state index contributed by atoms with van der Waals surface area (Å²) < 4.78 is 5.31. The molecule has 1 aliphatic carbocycles. The largest absolute Gasteiger partial charge is 0.496 e. The standard InChI is InChI=1S/C15H21NO3/c1-4-11-7-10(5-6-14(11)19-3)9-16(2)13-8-12(13)15(17)18/h5-7,12-13H,4,8-9H2,1-3H3,(H,17,18). The molecule has 2 unspecified atom stereocenters. The molecule has 1 aliphatic rings. The molecule has 0 saturated heterocycles. The summed E-state index contributed by atoms with van der Waals surface area (Å²) in [5, 5.41) is 8.95. The highest BCUT2D eigenvalue weighted by atomic mass is 16.5. The van der Waals surface area contributed by atoms with E-state index < -0.39 is 5.97 Å². The van der Waals surface area contributed by atoms with Crippen LogP contribution in [0, 0.1) is 5.92 Å². The Kier molecular flexibility index (Phi) is 4.10. The molecular weight excluding hydrogens is 242 g/mol. The Morgan fingerprint density at radius 3 is 2.79 bits per heavy atom. The topological polar surface area (TPSA) is 49.8 Å². The van der Waals surface area contributed by atoms with Crippen LogP contribution in [0.15, 0.2) is 18.2 Å². The van der Waals surface area contributed by atoms with Crippen LogP contribution in [0.3, 0.4) is 0 Å². The van der Waals surface area contributed by atoms with Gasteiger partial charge in [0.25, 0.3) is 0 Å². The molecule has 1 N–H and O–H groups in total. The summed E-state index contributed by atoms with van der Waals surface area (Å²) in [7, 11) is 3.67. The highest BCUT2D eigenvalue weighted by Crippen LogP contribution is 2.36. The predicted octanol–water partition coefficient (Wildman–Crippen LogP) is 2.16. The van der Waals surface area contributed by atoms with Crippen molar-refractivity contribution in [3.8, 4) is 5.75 Å². The maximum atomic E-state index is 10.9. The van der Waals surface area contributed by atoms with E-state index in [0.29, 0.717) is 0 Å². The van der Waals surface area contributed by atoms with Crippen molar-refractivity contribution in [1.82, 2.24) is 4.90 Å². The van der Waals surface area contributed by atoms with Gasteiger partial charge in [0, 0.05) is 12.6 Å². The molecule has 0 aromatic heterocycles. The minimum Gasteiger partial charge on any atom is -0.496 e. The first-order valence-corrected chi connectivity index (χ1v) is 6.65. The van der Waals surface area contributed by atoms with Gasteiger partial charge in [0.1, 0.15) is 5.75 Å². The van der Waals surface area contributed by atoms with Gasteiger partial charge in [-0.15, -0.1) is 0 Å². The molecule has 0 heterocycles. The highest BCUT2D eigenvalue weighted by molar-refractivity contribution is 5.74. The maximum absolute atomic E-state index is 10.9. The Bertz CT molecular complexity index is 472. The number of carboxylic acid groups (broad SMARTS) is 1. The molecule has 1 saturated carbocycles. The lowest BCUT2D eigenvalue weighted by atomic mass is 10.1. The fraction of sp³-hybridized carbons (Fsp3) is 0.533. The molecule has 0 spiro atoms. The summed E-state index contributed by atoms with van der Waals surface area (Å²) in [5.74, 6) is 0.0541. The van der Waals surface area contributed by atoms with E-state index in [1.54, 1.807) is 7.11 Å². The molecule has 2 rings (SSSR count). The molecule has 0 radical (unpaired) electrons. The number of benzene rings is 1. The van der Waals surface area contributed by atoms with Crippen molar-refractivity contribution >= 4 is 5.97 Å². The Morgan fingerprint density at radius 2 is 2.26 bits per heavy atom. The lowest BCUT2D eigenvalue weighted by Crippen LogP contribution is -2.23. The monoisotopic (exact) mass is 263 g/mol. The van der Waals surface area contributed by atoms with Crippen molar-refractivity contribution in [3.63, 3.8) is 0 Å². The average molecular weight is 263 g/mol. The zero-order valence-corrected chi connectivity index (χ0v) is 11.7. The Labute approximate surface area is 114 Å². The number of rotatable bonds is 6. The summed E-state index contributed by atoms with van der Waals surface area (Å²) >= 11 is 0. The van der Waals surface area contributed by atoms with Gasteiger partial charge in [-0.05, 0) is 37.1 Å². The summed E-state index contributed by atoms with van der Waals surface area (Å²) in [4.78, 5) is 13.0. The maximum Gasteiger partial charge on any atom is 0.308 e. The van der Waals surface area contributed by atoms with Crippen molar-refractivity contribution in [3.05, 3.63) is 29.3 Å². The highest BCUT2D eigenvalue weighted by Gasteiger charge is 2.45. The summed E-state index contributed by atoms with van der Waals surface area (Å²) in [6.07, 6.45) is 1.70. The second kappa shape index (κ2) is 5.61. The second-order valence-corrected chi connectivity index (χ2v) is 5.16. The third-order valence-electron chi connectivity index (χ3n) is 3.80. The van der Waals surface area contributed by atoms with E-state index in [0.717, 1.165) is 25.1 Å². The van der Waals surface area contributed by atoms with Gasteiger partial charge in [0.05, 0.1) is 13.0 Å². The van der Waals surface area contributed by atoms with Crippen LogP contribution in [0.5, 0.6) is 5.75 Å². The molecule has 2 atom stereocenters. The van der Waals surface area contributed by atoms with E-state index in [4.69, 9.17) is 9.84 Å². The quantitative estimate of drug-likeness (QED) is 0.854. The van der Waals surface area contributed by atoms with E-state index in [9.17, 15) is 4.79 Å². The van der Waals surface area contributed by atoms with Crippen LogP contribution in [0.1, 0.15) is 24.5 Å². The normalized spacial score (nSPS) is 21.5. The van der Waals surface area contributed by atoms with Crippen LogP contribution in [0.4, 0.5) is 0 Å². The minimum atomic E-state index is -0.680. The van der Waals surface area contributed by atoms with Gasteiger partial charge >= 0.3 is 5.97 Å². The van der Waals surface area contributed by atoms with Crippen LogP contribution in [0.2, 0.25) is 0 Å². The molecule has 19 heavy (non-hydrogen) atoms. The number of ether oxygens (including phenoxy) is 1. The molecule has 1 aromatic carbocycles. The van der Waals surface area contributed by atoms with Crippen LogP contribution < -0.4 is 4.74 Å². The number of hydrogen-bond acceptors (Lipinski definition) is 3. The van der Waals surface area contributed by atoms with Crippen LogP contribution in [-0.4, -0.2) is 36.2 Å². The first-order chi connectivity index (χ1) is 9.06. The average Bonchev–Trinajstić information content (AvgIpc) is 3.19. The molecular formula is C15H21NO3. The molecule has 4 heteroatoms. The van der Waals surface area contributed by atoms with E-state index in [1.165, 1.54) is 11.1 Å². The van der Waals surface area contributed by atoms with E-state index in [-0.39, 0.29) is 12.0 Å². The van der Waals surface area contributed by atoms with Gasteiger partial charge in [-0.1, -0.05) is 19.1 Å². The Balaban J connectivity index is 2.01. The smallest absolute Gasteiger partial charge is 0.308 e. The van der Waals surface area contributed by atoms with Gasteiger partial charge in [-0.2, -0.15) is 0 Å². The number of carboxylic acids is 1. The summed E-state index contributed by atoms with van der Waals surface area (Å²) in [5.41, 5.74) is 2.40. The summed E-state index contributed by atoms with van der Waals surface area (Å²) in [6.45, 7) is 2.89. The van der Waals surface area contributed by atoms with Gasteiger partial charge in [-0.3, -0.25) is 9.69 Å². The first-order valence-electron chi connectivity index (χ1n) is 6.65. The molecule has 4 nitrogen and oxygen atoms in total. The fourth-order valence-electron chi connectivity index (χ4n) is 2.55. The molecule has 1 aromatic rings. The number of aryl methyl sites for hydroxylation is 1. The lowest BCUT2D eigenvalue weighted by molar-refractivity contribution is -0.138. The zero-order valence-electron chi connectivity index (χ0n) is 11.7. The minimum absolute atomic E-state index is 0.185. The van der Waals surface area contributed by atoms with Gasteiger partial charge in [-0.25, -0.2) is 0 Å². The molecule has 0 bridgehead atoms. The number of hydrogen-bond donors (Lipinski definition) is 1. The fourth-order valence-corrected chi connectivity index (χ4v) is 2.55. The first kappa shape index (κ1) is 13.9. The molecule has 1 fully saturated rings. The number of aliphatic carboxylic acids is 1. The van der Waals surface area contributed by atoms with Crippen LogP contribution in [-0.2, 0) is 17.8 Å². The third kappa shape index (κ3) is 3.07. The van der Waals surface area contributed by atoms with Gasteiger partial charge in [0.2, 0.25) is 0 Å². The SMILES string of the molecule is CCc1cc(CN(C)C2CC2C(=O)O)ccc1OC. The van der Waals surface area contributed by atoms with E-state index in [1.807, 2.05) is 19.2 Å². The summed E-state index contributed by atoms with van der Waals surface area (Å²) in [6, 6.07) is 6.37. The van der Waals surface area contributed by atoms with Crippen molar-refractivity contribution < 1.29 is 14.6 Å². The zero-order chi connectivity index (χ0) is 14.0. The van der Waals surface area contributed by atoms with Gasteiger partial charge in [0.15, 0.2) is 0 Å². The Hall–Kier alpha value is -1.55. The number of methoxy groups -OCH3 is 1. The van der Waals surface area contributed by atoms with Crippen LogP contribution in [0.25, 0.3) is 0 Å². The number of carbonyl (C=O) groups is 1. The Morgan fingerprint density at radius 1 is 1.53 bits per heavy atom. The van der Waals surface area contributed by atoms with E-state index >= 15 is 0 Å². The van der Waals surface area contributed by atoms with Crippen molar-refractivity contribution in [1.29, 1.82) is 0 Å². The van der Waals surface area contributed by atoms with E-state index in [2.05, 4.69) is 17.9 Å². The lowest BCUT2D eigenvalue weighted by Gasteiger charge is -2.17. The third-order valence-corrected chi connectivity index (χ3v) is 3.80. The predicted molar refractivity (Wildman–Crippen MR) is 73.4 cm³/mol. The van der Waals surface area contributed by atoms with Crippen molar-refractivity contribution in [2.24, 2.45) is 5.92 Å². The molecule has 0 amide bonds. The van der Waals surface area contributed by atoms with Crippen LogP contribution >= 0.6 is 0 Å². The van der Waals surface area contributed by atoms with Gasteiger partial charge < -0.3 is 9.84 Å². The van der Waals surface area contributed by atoms with Crippen molar-refractivity contribution in [2.45, 2.75) is 32.4 Å². The molecule has 0 aliphatic heterocycles. The van der Waals surface area contributed by atoms with Crippen molar-refractivity contribution in [2.75, 3.05) is 14.2 Å². The molecule has 104 valence electrons. The second-order valence-electron chi connectivity index (χ2n) is 5.16.